The van der Waals surface area contributed by atoms with Crippen LogP contribution in [-0.2, 0) is 5.41 Å². The van der Waals surface area contributed by atoms with Gasteiger partial charge in [-0.2, -0.15) is 0 Å². The molecule has 1 unspecified atom stereocenters. The molecule has 1 aliphatic heterocycles. The molecule has 1 saturated heterocycles. The van der Waals surface area contributed by atoms with E-state index in [0.29, 0.717) is 5.92 Å². The fourth-order valence-corrected chi connectivity index (χ4v) is 3.63. The first-order valence-corrected chi connectivity index (χ1v) is 9.88. The first-order chi connectivity index (χ1) is 13.1. The number of rotatable bonds is 6. The van der Waals surface area contributed by atoms with Crippen LogP contribution in [0.1, 0.15) is 25.8 Å². The predicted molar refractivity (Wildman–Crippen MR) is 131 cm³/mol. The van der Waals surface area contributed by atoms with E-state index in [1.165, 1.54) is 17.7 Å². The third kappa shape index (κ3) is 6.12. The zero-order chi connectivity index (χ0) is 19.1. The highest BCUT2D eigenvalue weighted by Crippen LogP contribution is 2.23. The maximum atomic E-state index is 4.40. The smallest absolute Gasteiger partial charge is 0.191 e. The molecule has 3 rings (SSSR count). The Balaban J connectivity index is 0.00000280. The predicted octanol–water partition coefficient (Wildman–Crippen LogP) is 4.27. The van der Waals surface area contributed by atoms with E-state index in [1.807, 2.05) is 7.05 Å². The summed E-state index contributed by atoms with van der Waals surface area (Å²) in [6.45, 7) is 8.55. The zero-order valence-electron chi connectivity index (χ0n) is 17.2. The Bertz CT molecular complexity index is 731. The van der Waals surface area contributed by atoms with Crippen LogP contribution in [0.25, 0.3) is 0 Å². The fraction of sp³-hybridized carbons (Fsp3) is 0.435. The summed E-state index contributed by atoms with van der Waals surface area (Å²) in [5.41, 5.74) is 2.71. The van der Waals surface area contributed by atoms with Gasteiger partial charge in [0.05, 0.1) is 0 Å². The summed E-state index contributed by atoms with van der Waals surface area (Å²) in [7, 11) is 1.84. The third-order valence-corrected chi connectivity index (χ3v) is 5.44. The van der Waals surface area contributed by atoms with Crippen molar-refractivity contribution in [2.45, 2.75) is 25.7 Å². The fourth-order valence-electron chi connectivity index (χ4n) is 3.63. The molecule has 28 heavy (non-hydrogen) atoms. The van der Waals surface area contributed by atoms with Gasteiger partial charge in [-0.1, -0.05) is 62.4 Å². The van der Waals surface area contributed by atoms with Gasteiger partial charge in [-0.25, -0.2) is 0 Å². The van der Waals surface area contributed by atoms with E-state index < -0.39 is 0 Å². The van der Waals surface area contributed by atoms with Crippen molar-refractivity contribution < 1.29 is 0 Å². The van der Waals surface area contributed by atoms with Gasteiger partial charge in [0.25, 0.3) is 0 Å². The van der Waals surface area contributed by atoms with Crippen LogP contribution in [0.5, 0.6) is 0 Å². The number of anilines is 1. The van der Waals surface area contributed by atoms with E-state index in [2.05, 4.69) is 95.0 Å². The second-order valence-corrected chi connectivity index (χ2v) is 7.99. The van der Waals surface area contributed by atoms with Crippen LogP contribution in [0.4, 0.5) is 5.69 Å². The van der Waals surface area contributed by atoms with Crippen LogP contribution in [0, 0.1) is 5.92 Å². The maximum Gasteiger partial charge on any atom is 0.191 e. The van der Waals surface area contributed by atoms with E-state index >= 15 is 0 Å². The lowest BCUT2D eigenvalue weighted by Gasteiger charge is -2.27. The molecule has 2 aromatic rings. The van der Waals surface area contributed by atoms with Crippen LogP contribution in [0.3, 0.4) is 0 Å². The molecule has 0 bridgehead atoms. The van der Waals surface area contributed by atoms with Crippen molar-refractivity contribution in [1.29, 1.82) is 0 Å². The lowest BCUT2D eigenvalue weighted by Crippen LogP contribution is -2.45. The molecule has 1 aliphatic rings. The minimum Gasteiger partial charge on any atom is -0.371 e. The van der Waals surface area contributed by atoms with Gasteiger partial charge < -0.3 is 15.5 Å². The van der Waals surface area contributed by atoms with Crippen molar-refractivity contribution in [2.24, 2.45) is 10.9 Å². The molecule has 0 radical (unpaired) electrons. The molecule has 0 aromatic heterocycles. The number of hydrogen-bond donors (Lipinski definition) is 2. The van der Waals surface area contributed by atoms with Crippen LogP contribution in [0.2, 0.25) is 0 Å². The van der Waals surface area contributed by atoms with Crippen molar-refractivity contribution in [2.75, 3.05) is 38.1 Å². The molecule has 1 atom stereocenters. The average molecular weight is 492 g/mol. The van der Waals surface area contributed by atoms with Gasteiger partial charge in [-0.3, -0.25) is 4.99 Å². The van der Waals surface area contributed by atoms with Crippen molar-refractivity contribution in [3.8, 4) is 0 Å². The van der Waals surface area contributed by atoms with E-state index in [0.717, 1.165) is 32.1 Å². The quantitative estimate of drug-likeness (QED) is 0.360. The number of halogens is 1. The summed E-state index contributed by atoms with van der Waals surface area (Å²) in [5, 5.41) is 7.02. The van der Waals surface area contributed by atoms with Crippen molar-refractivity contribution in [3.05, 3.63) is 66.2 Å². The second kappa shape index (κ2) is 10.7. The van der Waals surface area contributed by atoms with Gasteiger partial charge in [-0.05, 0) is 30.0 Å². The molecule has 1 heterocycles. The summed E-state index contributed by atoms with van der Waals surface area (Å²) < 4.78 is 0. The Hall–Kier alpha value is -1.76. The number of hydrogen-bond acceptors (Lipinski definition) is 2. The third-order valence-electron chi connectivity index (χ3n) is 5.44. The maximum absolute atomic E-state index is 4.40. The molecule has 4 nitrogen and oxygen atoms in total. The average Bonchev–Trinajstić information content (AvgIpc) is 3.18. The second-order valence-electron chi connectivity index (χ2n) is 7.99. The number of nitrogens with one attached hydrogen (secondary N) is 2. The molecule has 1 fully saturated rings. The van der Waals surface area contributed by atoms with E-state index in [4.69, 9.17) is 0 Å². The monoisotopic (exact) mass is 492 g/mol. The summed E-state index contributed by atoms with van der Waals surface area (Å²) in [5.74, 6) is 1.53. The number of nitrogens with zero attached hydrogens (tertiary/aromatic N) is 2. The highest BCUT2D eigenvalue weighted by molar-refractivity contribution is 14.0. The van der Waals surface area contributed by atoms with Crippen LogP contribution >= 0.6 is 24.0 Å². The molecule has 0 spiro atoms. The summed E-state index contributed by atoms with van der Waals surface area (Å²) in [6.07, 6.45) is 1.22. The van der Waals surface area contributed by atoms with E-state index in [1.54, 1.807) is 0 Å². The molecule has 0 amide bonds. The summed E-state index contributed by atoms with van der Waals surface area (Å²) in [4.78, 5) is 6.88. The lowest BCUT2D eigenvalue weighted by molar-refractivity contribution is 0.503. The standard InChI is InChI=1S/C23H32N4.HI/c1-23(2,20-10-6-4-7-11-20)18-26-22(24-3)25-16-19-14-15-27(17-19)21-12-8-5-9-13-21;/h4-13,19H,14-18H2,1-3H3,(H2,24,25,26);1H. The van der Waals surface area contributed by atoms with Gasteiger partial charge in [0, 0.05) is 44.3 Å². The highest BCUT2D eigenvalue weighted by Gasteiger charge is 2.23. The highest BCUT2D eigenvalue weighted by atomic mass is 127. The molecule has 0 aliphatic carbocycles. The van der Waals surface area contributed by atoms with Crippen LogP contribution in [-0.4, -0.2) is 39.2 Å². The number of para-hydroxylation sites is 1. The number of aliphatic imine (C=N–C) groups is 1. The van der Waals surface area contributed by atoms with Gasteiger partial charge in [0.1, 0.15) is 0 Å². The normalized spacial score (nSPS) is 17.2. The van der Waals surface area contributed by atoms with Gasteiger partial charge in [-0.15, -0.1) is 24.0 Å². The molecular formula is C23H33IN4. The van der Waals surface area contributed by atoms with Gasteiger partial charge in [0.15, 0.2) is 5.96 Å². The minimum absolute atomic E-state index is 0. The molecule has 2 N–H and O–H groups in total. The van der Waals surface area contributed by atoms with Crippen molar-refractivity contribution >= 4 is 35.6 Å². The summed E-state index contributed by atoms with van der Waals surface area (Å²) >= 11 is 0. The summed E-state index contributed by atoms with van der Waals surface area (Å²) in [6, 6.07) is 21.3. The Morgan fingerprint density at radius 2 is 1.68 bits per heavy atom. The largest absolute Gasteiger partial charge is 0.371 e. The van der Waals surface area contributed by atoms with Crippen LogP contribution < -0.4 is 15.5 Å². The Morgan fingerprint density at radius 3 is 2.32 bits per heavy atom. The van der Waals surface area contributed by atoms with Crippen molar-refractivity contribution in [1.82, 2.24) is 10.6 Å². The number of benzene rings is 2. The topological polar surface area (TPSA) is 39.7 Å². The molecule has 2 aromatic carbocycles. The van der Waals surface area contributed by atoms with E-state index in [-0.39, 0.29) is 29.4 Å². The minimum atomic E-state index is 0. The Kier molecular flexibility index (Phi) is 8.60. The lowest BCUT2D eigenvalue weighted by atomic mass is 9.85. The molecular weight excluding hydrogens is 459 g/mol. The van der Waals surface area contributed by atoms with Gasteiger partial charge >= 0.3 is 0 Å². The molecule has 152 valence electrons. The van der Waals surface area contributed by atoms with Crippen LogP contribution in [0.15, 0.2) is 65.7 Å². The molecule has 0 saturated carbocycles. The van der Waals surface area contributed by atoms with E-state index in [9.17, 15) is 0 Å². The Labute approximate surface area is 186 Å². The first-order valence-electron chi connectivity index (χ1n) is 9.88. The Morgan fingerprint density at radius 1 is 1.04 bits per heavy atom. The SMILES string of the molecule is CN=C(NCC1CCN(c2ccccc2)C1)NCC(C)(C)c1ccccc1.I. The first kappa shape index (κ1) is 22.5. The zero-order valence-corrected chi connectivity index (χ0v) is 19.5. The number of guanidine groups is 1. The van der Waals surface area contributed by atoms with Gasteiger partial charge in [0.2, 0.25) is 0 Å². The molecule has 5 heteroatoms. The van der Waals surface area contributed by atoms with Crippen molar-refractivity contribution in [3.63, 3.8) is 0 Å².